The first-order valence-corrected chi connectivity index (χ1v) is 10.2. The standard InChI is InChI=1S/C22H23Cl2N3O2/c1-14(2)27(21(28)11-10-16-9-8-15(3)19(24)12-16)13-20-25-26-22(29-20)17-6-4-5-7-18(17)23/h4-9,12,14H,10-11,13H2,1-3H3. The lowest BCUT2D eigenvalue weighted by Gasteiger charge is -2.25. The van der Waals surface area contributed by atoms with Crippen molar-refractivity contribution >= 4 is 29.1 Å². The zero-order valence-electron chi connectivity index (χ0n) is 16.7. The van der Waals surface area contributed by atoms with Crippen molar-refractivity contribution < 1.29 is 9.21 Å². The molecule has 1 aromatic heterocycles. The average Bonchev–Trinajstić information content (AvgIpc) is 3.15. The second-order valence-electron chi connectivity index (χ2n) is 7.18. The molecule has 152 valence electrons. The number of hydrogen-bond donors (Lipinski definition) is 0. The smallest absolute Gasteiger partial charge is 0.249 e. The predicted octanol–water partition coefficient (Wildman–Crippen LogP) is 5.72. The van der Waals surface area contributed by atoms with Gasteiger partial charge in [-0.05, 0) is 56.5 Å². The Morgan fingerprint density at radius 3 is 2.55 bits per heavy atom. The van der Waals surface area contributed by atoms with Crippen LogP contribution in [0.3, 0.4) is 0 Å². The Kier molecular flexibility index (Phi) is 6.93. The highest BCUT2D eigenvalue weighted by Gasteiger charge is 2.21. The van der Waals surface area contributed by atoms with Gasteiger partial charge in [-0.15, -0.1) is 10.2 Å². The summed E-state index contributed by atoms with van der Waals surface area (Å²) in [5.74, 6) is 0.741. The molecule has 5 nitrogen and oxygen atoms in total. The number of benzene rings is 2. The van der Waals surface area contributed by atoms with E-state index in [1.807, 2.05) is 57.2 Å². The molecular weight excluding hydrogens is 409 g/mol. The molecule has 0 aliphatic heterocycles. The Labute approximate surface area is 180 Å². The lowest BCUT2D eigenvalue weighted by atomic mass is 10.1. The largest absolute Gasteiger partial charge is 0.419 e. The van der Waals surface area contributed by atoms with Crippen LogP contribution in [-0.2, 0) is 17.8 Å². The van der Waals surface area contributed by atoms with Crippen LogP contribution in [0.2, 0.25) is 10.0 Å². The molecule has 0 radical (unpaired) electrons. The van der Waals surface area contributed by atoms with Crippen molar-refractivity contribution in [1.82, 2.24) is 15.1 Å². The lowest BCUT2D eigenvalue weighted by Crippen LogP contribution is -2.36. The number of hydrogen-bond acceptors (Lipinski definition) is 4. The number of carbonyl (C=O) groups excluding carboxylic acids is 1. The fourth-order valence-corrected chi connectivity index (χ4v) is 3.37. The highest BCUT2D eigenvalue weighted by molar-refractivity contribution is 6.33. The molecule has 3 aromatic rings. The van der Waals surface area contributed by atoms with Crippen LogP contribution < -0.4 is 0 Å². The molecule has 0 N–H and O–H groups in total. The summed E-state index contributed by atoms with van der Waals surface area (Å²) in [4.78, 5) is 14.6. The first-order valence-electron chi connectivity index (χ1n) is 9.47. The van der Waals surface area contributed by atoms with Crippen molar-refractivity contribution in [3.63, 3.8) is 0 Å². The van der Waals surface area contributed by atoms with Crippen molar-refractivity contribution in [2.75, 3.05) is 0 Å². The monoisotopic (exact) mass is 431 g/mol. The van der Waals surface area contributed by atoms with Gasteiger partial charge < -0.3 is 9.32 Å². The van der Waals surface area contributed by atoms with E-state index in [-0.39, 0.29) is 18.5 Å². The van der Waals surface area contributed by atoms with Gasteiger partial charge in [-0.2, -0.15) is 0 Å². The normalized spacial score (nSPS) is 11.1. The van der Waals surface area contributed by atoms with Gasteiger partial charge in [-0.25, -0.2) is 0 Å². The minimum absolute atomic E-state index is 0.000214. The molecule has 1 heterocycles. The zero-order valence-corrected chi connectivity index (χ0v) is 18.2. The zero-order chi connectivity index (χ0) is 21.0. The van der Waals surface area contributed by atoms with Crippen LogP contribution in [-0.4, -0.2) is 27.0 Å². The van der Waals surface area contributed by atoms with E-state index in [2.05, 4.69) is 10.2 Å². The Bertz CT molecular complexity index is 1000. The number of nitrogens with zero attached hydrogens (tertiary/aromatic N) is 3. The van der Waals surface area contributed by atoms with E-state index in [4.69, 9.17) is 27.6 Å². The molecule has 0 spiro atoms. The SMILES string of the molecule is Cc1ccc(CCC(=O)N(Cc2nnc(-c3ccccc3Cl)o2)C(C)C)cc1Cl. The van der Waals surface area contributed by atoms with Crippen molar-refractivity contribution in [2.45, 2.75) is 46.2 Å². The molecule has 7 heteroatoms. The third kappa shape index (κ3) is 5.37. The maximum Gasteiger partial charge on any atom is 0.249 e. The van der Waals surface area contributed by atoms with Gasteiger partial charge in [0.15, 0.2) is 0 Å². The molecule has 2 aromatic carbocycles. The van der Waals surface area contributed by atoms with Crippen molar-refractivity contribution in [1.29, 1.82) is 0 Å². The van der Waals surface area contributed by atoms with Crippen LogP contribution in [0.25, 0.3) is 11.5 Å². The van der Waals surface area contributed by atoms with Gasteiger partial charge in [-0.3, -0.25) is 4.79 Å². The Balaban J connectivity index is 1.67. The lowest BCUT2D eigenvalue weighted by molar-refractivity contribution is -0.133. The van der Waals surface area contributed by atoms with Gasteiger partial charge in [0.25, 0.3) is 0 Å². The highest BCUT2D eigenvalue weighted by Crippen LogP contribution is 2.26. The molecule has 0 saturated heterocycles. The maximum atomic E-state index is 12.8. The van der Waals surface area contributed by atoms with Crippen molar-refractivity contribution in [2.24, 2.45) is 0 Å². The van der Waals surface area contributed by atoms with Crippen molar-refractivity contribution in [3.8, 4) is 11.5 Å². The number of carbonyl (C=O) groups is 1. The molecule has 0 atom stereocenters. The fourth-order valence-electron chi connectivity index (χ4n) is 2.95. The highest BCUT2D eigenvalue weighted by atomic mass is 35.5. The quantitative estimate of drug-likeness (QED) is 0.479. The van der Waals surface area contributed by atoms with E-state index in [9.17, 15) is 4.79 Å². The van der Waals surface area contributed by atoms with Crippen LogP contribution in [0.4, 0.5) is 0 Å². The van der Waals surface area contributed by atoms with Crippen LogP contribution in [0.1, 0.15) is 37.3 Å². The number of aromatic nitrogens is 2. The van der Waals surface area contributed by atoms with Gasteiger partial charge in [0, 0.05) is 17.5 Å². The minimum Gasteiger partial charge on any atom is -0.419 e. The molecule has 0 bridgehead atoms. The summed E-state index contributed by atoms with van der Waals surface area (Å²) in [6.07, 6.45) is 1.000. The number of aryl methyl sites for hydroxylation is 2. The molecule has 1 amide bonds. The summed E-state index contributed by atoms with van der Waals surface area (Å²) in [7, 11) is 0. The summed E-state index contributed by atoms with van der Waals surface area (Å²) < 4.78 is 5.76. The molecule has 29 heavy (non-hydrogen) atoms. The van der Waals surface area contributed by atoms with Gasteiger partial charge in [0.1, 0.15) is 0 Å². The first-order chi connectivity index (χ1) is 13.8. The number of halogens is 2. The molecule has 3 rings (SSSR count). The minimum atomic E-state index is -0.000214. The van der Waals surface area contributed by atoms with Gasteiger partial charge in [0.05, 0.1) is 17.1 Å². The summed E-state index contributed by atoms with van der Waals surface area (Å²) in [6.45, 7) is 6.14. The van der Waals surface area contributed by atoms with E-state index >= 15 is 0 Å². The second-order valence-corrected chi connectivity index (χ2v) is 7.99. The number of rotatable bonds is 7. The Hall–Kier alpha value is -2.37. The van der Waals surface area contributed by atoms with Gasteiger partial charge in [0.2, 0.25) is 17.7 Å². The molecule has 0 fully saturated rings. The van der Waals surface area contributed by atoms with Crippen LogP contribution in [0.15, 0.2) is 46.9 Å². The molecular formula is C22H23Cl2N3O2. The van der Waals surface area contributed by atoms with E-state index in [1.165, 1.54) is 0 Å². The van der Waals surface area contributed by atoms with E-state index in [0.29, 0.717) is 40.2 Å². The van der Waals surface area contributed by atoms with E-state index in [1.54, 1.807) is 11.0 Å². The third-order valence-electron chi connectivity index (χ3n) is 4.68. The molecule has 0 aliphatic carbocycles. The van der Waals surface area contributed by atoms with Gasteiger partial charge >= 0.3 is 0 Å². The number of amides is 1. The fraction of sp³-hybridized carbons (Fsp3) is 0.318. The first kappa shape index (κ1) is 21.3. The molecule has 0 aliphatic rings. The summed E-state index contributed by atoms with van der Waals surface area (Å²) in [5, 5.41) is 9.42. The Morgan fingerprint density at radius 1 is 1.10 bits per heavy atom. The topological polar surface area (TPSA) is 59.2 Å². The van der Waals surface area contributed by atoms with Gasteiger partial charge in [-0.1, -0.05) is 47.5 Å². The summed E-state index contributed by atoms with van der Waals surface area (Å²) in [6, 6.07) is 13.2. The molecule has 0 saturated carbocycles. The van der Waals surface area contributed by atoms with Crippen LogP contribution in [0.5, 0.6) is 0 Å². The predicted molar refractivity (Wildman–Crippen MR) is 115 cm³/mol. The third-order valence-corrected chi connectivity index (χ3v) is 5.42. The molecule has 0 unspecified atom stereocenters. The summed E-state index contributed by atoms with van der Waals surface area (Å²) in [5.41, 5.74) is 2.74. The Morgan fingerprint density at radius 2 is 1.86 bits per heavy atom. The van der Waals surface area contributed by atoms with Crippen LogP contribution >= 0.6 is 23.2 Å². The van der Waals surface area contributed by atoms with E-state index < -0.39 is 0 Å². The average molecular weight is 432 g/mol. The second kappa shape index (κ2) is 9.42. The summed E-state index contributed by atoms with van der Waals surface area (Å²) >= 11 is 12.4. The van der Waals surface area contributed by atoms with Crippen LogP contribution in [0, 0.1) is 6.92 Å². The maximum absolute atomic E-state index is 12.8. The van der Waals surface area contributed by atoms with Crippen molar-refractivity contribution in [3.05, 3.63) is 69.5 Å². The van der Waals surface area contributed by atoms with E-state index in [0.717, 1.165) is 11.1 Å².